The zero-order valence-corrected chi connectivity index (χ0v) is 12.1. The Balaban J connectivity index is 1.89. The molecule has 2 amide bonds. The van der Waals surface area contributed by atoms with Gasteiger partial charge >= 0.3 is 6.03 Å². The van der Waals surface area contributed by atoms with Gasteiger partial charge in [-0.15, -0.1) is 0 Å². The van der Waals surface area contributed by atoms with E-state index in [0.29, 0.717) is 5.69 Å². The first-order chi connectivity index (χ1) is 9.63. The second-order valence-electron chi connectivity index (χ2n) is 4.04. The van der Waals surface area contributed by atoms with Gasteiger partial charge in [0.2, 0.25) is 0 Å². The third-order valence-corrected chi connectivity index (χ3v) is 2.94. The van der Waals surface area contributed by atoms with Crippen LogP contribution in [0, 0.1) is 0 Å². The van der Waals surface area contributed by atoms with Crippen LogP contribution in [0.15, 0.2) is 59.2 Å². The van der Waals surface area contributed by atoms with E-state index in [4.69, 9.17) is 0 Å². The number of benzene rings is 2. The number of hydrogen-bond acceptors (Lipinski definition) is 2. The number of halogens is 1. The number of carbonyl (C=O) groups is 1. The van der Waals surface area contributed by atoms with Crippen LogP contribution in [0.1, 0.15) is 5.56 Å². The number of phenolic OH excluding ortho intramolecular Hbond substituents is 1. The van der Waals surface area contributed by atoms with Gasteiger partial charge in [0.25, 0.3) is 0 Å². The predicted molar refractivity (Wildman–Crippen MR) is 83.4 cm³/mol. The Morgan fingerprint density at radius 2 is 1.95 bits per heavy atom. The summed E-state index contributed by atoms with van der Waals surface area (Å²) < 4.78 is 0.976. The summed E-state index contributed by atoms with van der Waals surface area (Å²) in [6.07, 6.45) is 3.34. The first kappa shape index (κ1) is 14.1. The van der Waals surface area contributed by atoms with Crippen molar-refractivity contribution in [3.8, 4) is 5.75 Å². The molecule has 0 unspecified atom stereocenters. The van der Waals surface area contributed by atoms with Gasteiger partial charge in [0, 0.05) is 22.4 Å². The number of aromatic hydroxyl groups is 1. The van der Waals surface area contributed by atoms with E-state index < -0.39 is 0 Å². The van der Waals surface area contributed by atoms with E-state index in [1.165, 1.54) is 12.1 Å². The Labute approximate surface area is 125 Å². The normalized spacial score (nSPS) is 10.4. The van der Waals surface area contributed by atoms with E-state index in [1.807, 2.05) is 24.3 Å². The van der Waals surface area contributed by atoms with Gasteiger partial charge in [0.05, 0.1) is 0 Å². The molecule has 0 atom stereocenters. The Kier molecular flexibility index (Phi) is 4.79. The van der Waals surface area contributed by atoms with Crippen molar-refractivity contribution in [1.29, 1.82) is 0 Å². The lowest BCUT2D eigenvalue weighted by Gasteiger charge is -2.04. The van der Waals surface area contributed by atoms with Gasteiger partial charge < -0.3 is 15.7 Å². The molecule has 2 aromatic carbocycles. The number of carbonyl (C=O) groups excluding carboxylic acids is 1. The van der Waals surface area contributed by atoms with Gasteiger partial charge in [-0.1, -0.05) is 34.1 Å². The van der Waals surface area contributed by atoms with Crippen molar-refractivity contribution in [3.63, 3.8) is 0 Å². The van der Waals surface area contributed by atoms with Crippen molar-refractivity contribution < 1.29 is 9.90 Å². The molecule has 0 aromatic heterocycles. The van der Waals surface area contributed by atoms with Crippen LogP contribution < -0.4 is 10.6 Å². The number of nitrogens with one attached hydrogen (secondary N) is 2. The number of urea groups is 1. The lowest BCUT2D eigenvalue weighted by Crippen LogP contribution is -2.23. The molecule has 0 spiro atoms. The van der Waals surface area contributed by atoms with Crippen molar-refractivity contribution in [2.45, 2.75) is 0 Å². The minimum Gasteiger partial charge on any atom is -0.508 e. The van der Waals surface area contributed by atoms with Gasteiger partial charge in [-0.3, -0.25) is 0 Å². The lowest BCUT2D eigenvalue weighted by molar-refractivity contribution is 0.255. The smallest absolute Gasteiger partial charge is 0.323 e. The van der Waals surface area contributed by atoms with Crippen LogP contribution in [0.2, 0.25) is 0 Å². The monoisotopic (exact) mass is 332 g/mol. The van der Waals surface area contributed by atoms with E-state index >= 15 is 0 Å². The molecule has 0 bridgehead atoms. The minimum atomic E-state index is -0.373. The highest BCUT2D eigenvalue weighted by Crippen LogP contribution is 2.15. The summed E-state index contributed by atoms with van der Waals surface area (Å²) in [7, 11) is 0. The molecule has 3 N–H and O–H groups in total. The van der Waals surface area contributed by atoms with Crippen LogP contribution in [-0.4, -0.2) is 11.1 Å². The van der Waals surface area contributed by atoms with Crippen LogP contribution in [0.25, 0.3) is 6.08 Å². The molecule has 20 heavy (non-hydrogen) atoms. The quantitative estimate of drug-likeness (QED) is 0.796. The van der Waals surface area contributed by atoms with Crippen molar-refractivity contribution in [3.05, 3.63) is 64.8 Å². The summed E-state index contributed by atoms with van der Waals surface area (Å²) in [5.41, 5.74) is 1.50. The molecule has 0 fully saturated rings. The molecule has 102 valence electrons. The van der Waals surface area contributed by atoms with E-state index in [2.05, 4.69) is 26.6 Å². The van der Waals surface area contributed by atoms with Crippen LogP contribution >= 0.6 is 15.9 Å². The highest BCUT2D eigenvalue weighted by atomic mass is 79.9. The Morgan fingerprint density at radius 1 is 1.15 bits per heavy atom. The molecule has 0 saturated heterocycles. The van der Waals surface area contributed by atoms with E-state index in [0.717, 1.165) is 10.0 Å². The number of phenols is 1. The van der Waals surface area contributed by atoms with Crippen LogP contribution in [0.5, 0.6) is 5.75 Å². The third kappa shape index (κ3) is 4.44. The second kappa shape index (κ2) is 6.77. The fourth-order valence-electron chi connectivity index (χ4n) is 1.57. The van der Waals surface area contributed by atoms with E-state index in [1.54, 1.807) is 24.4 Å². The first-order valence-electron chi connectivity index (χ1n) is 5.92. The highest BCUT2D eigenvalue weighted by Gasteiger charge is 1.99. The summed E-state index contributed by atoms with van der Waals surface area (Å²) in [5.74, 6) is 0.104. The molecule has 0 heterocycles. The Bertz CT molecular complexity index is 641. The average molecular weight is 333 g/mol. The maximum absolute atomic E-state index is 11.6. The lowest BCUT2D eigenvalue weighted by atomic mass is 10.2. The summed E-state index contributed by atoms with van der Waals surface area (Å²) in [6, 6.07) is 13.7. The maximum atomic E-state index is 11.6. The van der Waals surface area contributed by atoms with Crippen molar-refractivity contribution in [2.24, 2.45) is 0 Å². The fraction of sp³-hybridized carbons (Fsp3) is 0. The molecule has 5 heteroatoms. The van der Waals surface area contributed by atoms with Crippen molar-refractivity contribution in [1.82, 2.24) is 5.32 Å². The molecule has 4 nitrogen and oxygen atoms in total. The number of amides is 2. The van der Waals surface area contributed by atoms with Gasteiger partial charge in [-0.25, -0.2) is 4.79 Å². The summed E-state index contributed by atoms with van der Waals surface area (Å²) in [5, 5.41) is 14.5. The SMILES string of the molecule is O=C(N/C=C/c1cccc(Br)c1)Nc1cccc(O)c1. The van der Waals surface area contributed by atoms with Crippen molar-refractivity contribution >= 4 is 33.7 Å². The summed E-state index contributed by atoms with van der Waals surface area (Å²) >= 11 is 3.38. The second-order valence-corrected chi connectivity index (χ2v) is 4.95. The molecular formula is C15H13BrN2O2. The van der Waals surface area contributed by atoms with E-state index in [-0.39, 0.29) is 11.8 Å². The molecule has 2 aromatic rings. The number of anilines is 1. The topological polar surface area (TPSA) is 61.4 Å². The summed E-state index contributed by atoms with van der Waals surface area (Å²) in [6.45, 7) is 0. The van der Waals surface area contributed by atoms with Gasteiger partial charge in [-0.2, -0.15) is 0 Å². The molecule has 0 saturated carbocycles. The van der Waals surface area contributed by atoms with Crippen LogP contribution in [-0.2, 0) is 0 Å². The number of rotatable bonds is 3. The predicted octanol–water partition coefficient (Wildman–Crippen LogP) is 3.95. The van der Waals surface area contributed by atoms with Gasteiger partial charge in [0.15, 0.2) is 0 Å². The molecule has 2 rings (SSSR count). The Morgan fingerprint density at radius 3 is 2.70 bits per heavy atom. The summed E-state index contributed by atoms with van der Waals surface area (Å²) in [4.78, 5) is 11.6. The van der Waals surface area contributed by atoms with Gasteiger partial charge in [-0.05, 0) is 35.9 Å². The standard InChI is InChI=1S/C15H13BrN2O2/c16-12-4-1-3-11(9-12)7-8-17-15(20)18-13-5-2-6-14(19)10-13/h1-10,19H,(H2,17,18,20)/b8-7+. The minimum absolute atomic E-state index is 0.104. The Hall–Kier alpha value is -2.27. The van der Waals surface area contributed by atoms with Crippen LogP contribution in [0.4, 0.5) is 10.5 Å². The fourth-order valence-corrected chi connectivity index (χ4v) is 1.99. The number of hydrogen-bond donors (Lipinski definition) is 3. The molecule has 0 aliphatic rings. The third-order valence-electron chi connectivity index (χ3n) is 2.44. The largest absolute Gasteiger partial charge is 0.508 e. The highest BCUT2D eigenvalue weighted by molar-refractivity contribution is 9.10. The molecular weight excluding hydrogens is 320 g/mol. The molecule has 0 aliphatic heterocycles. The molecule has 0 radical (unpaired) electrons. The zero-order valence-electron chi connectivity index (χ0n) is 10.5. The first-order valence-corrected chi connectivity index (χ1v) is 6.71. The molecule has 0 aliphatic carbocycles. The van der Waals surface area contributed by atoms with E-state index in [9.17, 15) is 9.90 Å². The average Bonchev–Trinajstić information content (AvgIpc) is 2.38. The zero-order chi connectivity index (χ0) is 14.4. The maximum Gasteiger partial charge on any atom is 0.323 e. The van der Waals surface area contributed by atoms with Gasteiger partial charge in [0.1, 0.15) is 5.75 Å². The van der Waals surface area contributed by atoms with Crippen LogP contribution in [0.3, 0.4) is 0 Å². The van der Waals surface area contributed by atoms with Crippen molar-refractivity contribution in [2.75, 3.05) is 5.32 Å².